The van der Waals surface area contributed by atoms with Gasteiger partial charge in [-0.15, -0.1) is 0 Å². The predicted octanol–water partition coefficient (Wildman–Crippen LogP) is 0.132. The zero-order valence-electron chi connectivity index (χ0n) is 12.0. The molecule has 0 aliphatic heterocycles. The summed E-state index contributed by atoms with van der Waals surface area (Å²) < 4.78 is 37.2. The molecule has 0 bridgehead atoms. The second kappa shape index (κ2) is 5.75. The Balaban J connectivity index is 5.01. The number of aliphatic hydroxyl groups is 2. The molecule has 0 spiro atoms. The Morgan fingerprint density at radius 3 is 1.58 bits per heavy atom. The van der Waals surface area contributed by atoms with Gasteiger partial charge in [0.2, 0.25) is 0 Å². The van der Waals surface area contributed by atoms with Gasteiger partial charge in [-0.2, -0.15) is 0 Å². The molecule has 2 unspecified atom stereocenters. The normalized spacial score (nSPS) is 21.1. The summed E-state index contributed by atoms with van der Waals surface area (Å²) in [6.45, 7) is 8.97. The van der Waals surface area contributed by atoms with Crippen LogP contribution in [-0.2, 0) is 0 Å². The molecule has 0 amide bonds. The van der Waals surface area contributed by atoms with Gasteiger partial charge >= 0.3 is 137 Å². The summed E-state index contributed by atoms with van der Waals surface area (Å²) in [6, 6.07) is 0. The molecule has 0 aliphatic carbocycles. The van der Waals surface area contributed by atoms with E-state index in [1.165, 1.54) is 13.8 Å². The summed E-state index contributed by atoms with van der Waals surface area (Å²) in [5, 5.41) is 20.1. The van der Waals surface area contributed by atoms with Crippen LogP contribution in [0.5, 0.6) is 0 Å². The number of rotatable bonds is 5. The molecule has 2 N–H and O–H groups in total. The molecule has 0 aromatic heterocycles. The van der Waals surface area contributed by atoms with Crippen molar-refractivity contribution in [2.24, 2.45) is 0 Å². The Morgan fingerprint density at radius 2 is 1.32 bits per heavy atom. The molecule has 7 heteroatoms. The van der Waals surface area contributed by atoms with Crippen LogP contribution in [0.2, 0.25) is 0 Å². The van der Waals surface area contributed by atoms with E-state index in [4.69, 9.17) is 0 Å². The monoisotopic (exact) mass is 509 g/mol. The van der Waals surface area contributed by atoms with E-state index < -0.39 is 45.4 Å². The van der Waals surface area contributed by atoms with Crippen LogP contribution in [0.25, 0.3) is 0 Å². The van der Waals surface area contributed by atoms with Gasteiger partial charge in [-0.1, -0.05) is 0 Å². The van der Waals surface area contributed by atoms with Gasteiger partial charge in [0.05, 0.1) is 0 Å². The van der Waals surface area contributed by atoms with Gasteiger partial charge in [-0.3, -0.25) is 0 Å². The quantitative estimate of drug-likeness (QED) is 0.409. The van der Waals surface area contributed by atoms with Crippen molar-refractivity contribution < 1.29 is 44.6 Å². The van der Waals surface area contributed by atoms with Gasteiger partial charge in [-0.25, -0.2) is 0 Å². The third kappa shape index (κ3) is 4.57. The number of halogens is 5. The second-order valence-corrected chi connectivity index (χ2v) is 13.0. The Morgan fingerprint density at radius 1 is 0.947 bits per heavy atom. The van der Waals surface area contributed by atoms with Crippen LogP contribution in [0.4, 0.5) is 13.2 Å². The van der Waals surface area contributed by atoms with Crippen molar-refractivity contribution in [1.82, 2.24) is 0 Å². The van der Waals surface area contributed by atoms with Crippen LogP contribution in [0, 0.1) is 0 Å². The molecular weight excluding hydrogens is 487 g/mol. The molecular formula is C12H22F3I2O2-. The van der Waals surface area contributed by atoms with Crippen molar-refractivity contribution in [3.63, 3.8) is 0 Å². The van der Waals surface area contributed by atoms with Crippen LogP contribution in [-0.4, -0.2) is 38.9 Å². The molecule has 0 aromatic carbocycles. The third-order valence-corrected chi connectivity index (χ3v) is 9.64. The molecule has 0 heterocycles. The first-order valence-corrected chi connectivity index (χ1v) is 9.45. The van der Waals surface area contributed by atoms with Crippen LogP contribution in [0.3, 0.4) is 0 Å². The first-order chi connectivity index (χ1) is 7.96. The summed E-state index contributed by atoms with van der Waals surface area (Å²) in [4.78, 5) is 0. The van der Waals surface area contributed by atoms with Crippen LogP contribution in [0.15, 0.2) is 0 Å². The number of alkyl halides is 6. The van der Waals surface area contributed by atoms with Crippen LogP contribution >= 0.6 is 22.6 Å². The van der Waals surface area contributed by atoms with Crippen LogP contribution in [0.1, 0.15) is 41.5 Å². The summed E-state index contributed by atoms with van der Waals surface area (Å²) in [5.41, 5.74) is -3.79. The molecule has 0 rings (SSSR count). The first-order valence-electron chi connectivity index (χ1n) is 5.76. The molecule has 118 valence electrons. The molecule has 2 nitrogen and oxygen atoms in total. The van der Waals surface area contributed by atoms with E-state index in [0.717, 1.165) is 6.92 Å². The van der Waals surface area contributed by atoms with Crippen molar-refractivity contribution in [3.8, 4) is 0 Å². The molecule has 0 saturated carbocycles. The molecule has 19 heavy (non-hydrogen) atoms. The average Bonchev–Trinajstić information content (AvgIpc) is 2.11. The van der Waals surface area contributed by atoms with E-state index in [1.54, 1.807) is 6.92 Å². The Labute approximate surface area is 136 Å². The van der Waals surface area contributed by atoms with Crippen molar-refractivity contribution in [1.29, 1.82) is 0 Å². The van der Waals surface area contributed by atoms with Crippen molar-refractivity contribution in [2.75, 3.05) is 4.43 Å². The van der Waals surface area contributed by atoms with Crippen molar-refractivity contribution in [3.05, 3.63) is 0 Å². The standard InChI is InChI=1S/C12H22F3I2O2/c1-8(2,16)10(5,18)7-17-9(3,4)11(6,19)12(13,14)15/h18-19H,7H2,1-6H3/q-1. The molecule has 0 aromatic rings. The van der Waals surface area contributed by atoms with Gasteiger partial charge in [0.25, 0.3) is 0 Å². The van der Waals surface area contributed by atoms with E-state index in [2.05, 4.69) is 22.6 Å². The fourth-order valence-electron chi connectivity index (χ4n) is 0.923. The van der Waals surface area contributed by atoms with Gasteiger partial charge in [0.1, 0.15) is 0 Å². The topological polar surface area (TPSA) is 40.5 Å². The molecule has 2 atom stereocenters. The first kappa shape index (κ1) is 20.2. The Hall–Kier alpha value is 1.17. The van der Waals surface area contributed by atoms with E-state index >= 15 is 0 Å². The second-order valence-electron chi connectivity index (χ2n) is 6.06. The van der Waals surface area contributed by atoms with Crippen LogP contribution < -0.4 is 21.2 Å². The Kier molecular flexibility index (Phi) is 6.11. The summed E-state index contributed by atoms with van der Waals surface area (Å²) >= 11 is 1.03. The van der Waals surface area contributed by atoms with Gasteiger partial charge in [0.15, 0.2) is 0 Å². The third-order valence-electron chi connectivity index (χ3n) is 3.65. The molecule has 0 radical (unpaired) electrons. The fraction of sp³-hybridized carbons (Fsp3) is 1.00. The molecule has 0 aliphatic rings. The summed E-state index contributed by atoms with van der Waals surface area (Å²) in [7, 11) is 0. The minimum absolute atomic E-state index is 0.293. The summed E-state index contributed by atoms with van der Waals surface area (Å²) in [6.07, 6.45) is -4.66. The SMILES string of the molecule is CC(C)(I)C(C)(O)C[I-]C(C)(C)C(C)(O)C(F)(F)F. The molecule has 0 fully saturated rings. The zero-order valence-corrected chi connectivity index (χ0v) is 16.3. The maximum absolute atomic E-state index is 12.9. The fourth-order valence-corrected chi connectivity index (χ4v) is 5.54. The van der Waals surface area contributed by atoms with Crippen molar-refractivity contribution in [2.45, 2.75) is 65.8 Å². The van der Waals surface area contributed by atoms with E-state index in [1.807, 2.05) is 13.8 Å². The van der Waals surface area contributed by atoms with Gasteiger partial charge in [-0.05, 0) is 0 Å². The predicted molar refractivity (Wildman–Crippen MR) is 74.3 cm³/mol. The number of hydrogen-bond donors (Lipinski definition) is 2. The minimum atomic E-state index is -4.66. The zero-order chi connectivity index (χ0) is 15.9. The average molecular weight is 509 g/mol. The van der Waals surface area contributed by atoms with E-state index in [9.17, 15) is 23.4 Å². The van der Waals surface area contributed by atoms with Gasteiger partial charge < -0.3 is 0 Å². The van der Waals surface area contributed by atoms with Crippen molar-refractivity contribution >= 4 is 22.6 Å². The molecule has 0 saturated heterocycles. The summed E-state index contributed by atoms with van der Waals surface area (Å²) in [5.74, 6) is 0. The maximum atomic E-state index is 12.9. The van der Waals surface area contributed by atoms with Gasteiger partial charge in [0, 0.05) is 0 Å². The van der Waals surface area contributed by atoms with E-state index in [0.29, 0.717) is 4.43 Å². The Bertz CT molecular complexity index is 318. The van der Waals surface area contributed by atoms with E-state index in [-0.39, 0.29) is 0 Å². The number of hydrogen-bond acceptors (Lipinski definition) is 2.